The highest BCUT2D eigenvalue weighted by molar-refractivity contribution is 4.92. The Kier molecular flexibility index (Phi) is 1.44. The summed E-state index contributed by atoms with van der Waals surface area (Å²) in [6.07, 6.45) is -0.194. The molecule has 2 aliphatic rings. The van der Waals surface area contributed by atoms with Crippen molar-refractivity contribution >= 4 is 0 Å². The van der Waals surface area contributed by atoms with Crippen molar-refractivity contribution in [3.63, 3.8) is 0 Å². The molecule has 2 saturated heterocycles. The third-order valence-corrected chi connectivity index (χ3v) is 2.75. The van der Waals surface area contributed by atoms with E-state index in [1.807, 2.05) is 11.9 Å². The maximum absolute atomic E-state index is 9.55. The van der Waals surface area contributed by atoms with Gasteiger partial charge in [-0.15, -0.1) is 0 Å². The van der Waals surface area contributed by atoms with Crippen LogP contribution < -0.4 is 5.32 Å². The van der Waals surface area contributed by atoms with Crippen molar-refractivity contribution in [3.8, 4) is 0 Å². The fourth-order valence-corrected chi connectivity index (χ4v) is 2.11. The minimum Gasteiger partial charge on any atom is -0.378 e. The highest BCUT2D eigenvalue weighted by Gasteiger charge is 2.41. The molecule has 0 saturated carbocycles. The van der Waals surface area contributed by atoms with Crippen molar-refractivity contribution in [1.82, 2.24) is 10.2 Å². The monoisotopic (exact) mass is 142 g/mol. The van der Waals surface area contributed by atoms with Crippen LogP contribution in [-0.2, 0) is 0 Å². The van der Waals surface area contributed by atoms with Crippen LogP contribution in [0.4, 0.5) is 0 Å². The lowest BCUT2D eigenvalue weighted by Crippen LogP contribution is -2.31. The molecular weight excluding hydrogens is 128 g/mol. The summed E-state index contributed by atoms with van der Waals surface area (Å²) in [5.74, 6) is 1.19. The predicted molar refractivity (Wildman–Crippen MR) is 38.5 cm³/mol. The molecule has 10 heavy (non-hydrogen) atoms. The molecule has 0 radical (unpaired) electrons. The van der Waals surface area contributed by atoms with E-state index in [4.69, 9.17) is 0 Å². The molecule has 0 spiro atoms. The number of likely N-dealkylation sites (tertiary alicyclic amines) is 1. The molecule has 3 unspecified atom stereocenters. The molecule has 2 fully saturated rings. The number of nitrogens with zero attached hydrogens (tertiary/aromatic N) is 1. The lowest BCUT2D eigenvalue weighted by molar-refractivity contribution is 0.0259. The number of hydrogen-bond acceptors (Lipinski definition) is 3. The van der Waals surface area contributed by atoms with Gasteiger partial charge < -0.3 is 10.4 Å². The molecule has 0 aliphatic carbocycles. The fraction of sp³-hybridized carbons (Fsp3) is 1.00. The molecule has 58 valence electrons. The van der Waals surface area contributed by atoms with Crippen LogP contribution in [0, 0.1) is 11.8 Å². The van der Waals surface area contributed by atoms with E-state index in [1.54, 1.807) is 0 Å². The van der Waals surface area contributed by atoms with Gasteiger partial charge in [-0.1, -0.05) is 0 Å². The highest BCUT2D eigenvalue weighted by Crippen LogP contribution is 2.29. The summed E-state index contributed by atoms with van der Waals surface area (Å²) in [5, 5.41) is 12.8. The van der Waals surface area contributed by atoms with Gasteiger partial charge in [-0.3, -0.25) is 4.90 Å². The zero-order valence-electron chi connectivity index (χ0n) is 6.25. The van der Waals surface area contributed by atoms with Gasteiger partial charge in [0, 0.05) is 19.0 Å². The third-order valence-electron chi connectivity index (χ3n) is 2.75. The first kappa shape index (κ1) is 6.58. The third kappa shape index (κ3) is 0.779. The molecule has 0 amide bonds. The summed E-state index contributed by atoms with van der Waals surface area (Å²) in [4.78, 5) is 2.04. The normalized spacial score (nSPS) is 48.0. The van der Waals surface area contributed by atoms with E-state index >= 15 is 0 Å². The van der Waals surface area contributed by atoms with Gasteiger partial charge in [0.2, 0.25) is 0 Å². The van der Waals surface area contributed by atoms with Gasteiger partial charge in [0.1, 0.15) is 6.23 Å². The fourth-order valence-electron chi connectivity index (χ4n) is 2.11. The molecule has 0 aromatic heterocycles. The second-order valence-electron chi connectivity index (χ2n) is 3.44. The van der Waals surface area contributed by atoms with Crippen molar-refractivity contribution in [3.05, 3.63) is 0 Å². The Labute approximate surface area is 61.0 Å². The molecule has 0 aromatic rings. The van der Waals surface area contributed by atoms with E-state index in [2.05, 4.69) is 5.32 Å². The summed E-state index contributed by atoms with van der Waals surface area (Å²) in [6.45, 7) is 3.14. The minimum absolute atomic E-state index is 0.194. The van der Waals surface area contributed by atoms with Gasteiger partial charge in [0.05, 0.1) is 0 Å². The molecule has 0 aromatic carbocycles. The molecule has 3 heteroatoms. The summed E-state index contributed by atoms with van der Waals surface area (Å²) in [5.41, 5.74) is 0. The van der Waals surface area contributed by atoms with E-state index < -0.39 is 0 Å². The standard InChI is InChI=1S/C7H14N2O/c1-9-4-5-2-8-3-6(5)7(9)10/h5-8,10H,2-4H2,1H3. The first-order valence-electron chi connectivity index (χ1n) is 3.88. The van der Waals surface area contributed by atoms with Crippen LogP contribution in [0.5, 0.6) is 0 Å². The zero-order valence-corrected chi connectivity index (χ0v) is 6.25. The van der Waals surface area contributed by atoms with Gasteiger partial charge in [0.15, 0.2) is 0 Å². The van der Waals surface area contributed by atoms with Crippen LogP contribution in [0.1, 0.15) is 0 Å². The van der Waals surface area contributed by atoms with Crippen LogP contribution in [-0.4, -0.2) is 42.9 Å². The quantitative estimate of drug-likeness (QED) is 0.459. The Morgan fingerprint density at radius 3 is 3.00 bits per heavy atom. The molecule has 2 heterocycles. The van der Waals surface area contributed by atoms with Gasteiger partial charge >= 0.3 is 0 Å². The maximum Gasteiger partial charge on any atom is 0.111 e. The van der Waals surface area contributed by atoms with Crippen molar-refractivity contribution < 1.29 is 5.11 Å². The van der Waals surface area contributed by atoms with Crippen molar-refractivity contribution in [2.45, 2.75) is 6.23 Å². The molecule has 2 N–H and O–H groups in total. The van der Waals surface area contributed by atoms with Crippen LogP contribution in [0.2, 0.25) is 0 Å². The van der Waals surface area contributed by atoms with Gasteiger partial charge in [0.25, 0.3) is 0 Å². The van der Waals surface area contributed by atoms with Gasteiger partial charge in [-0.2, -0.15) is 0 Å². The lowest BCUT2D eigenvalue weighted by Gasteiger charge is -2.16. The second kappa shape index (κ2) is 2.19. The Hall–Kier alpha value is -0.120. The highest BCUT2D eigenvalue weighted by atomic mass is 16.3. The summed E-state index contributed by atoms with van der Waals surface area (Å²) < 4.78 is 0. The number of hydrogen-bond donors (Lipinski definition) is 2. The van der Waals surface area contributed by atoms with Gasteiger partial charge in [-0.25, -0.2) is 0 Å². The summed E-state index contributed by atoms with van der Waals surface area (Å²) >= 11 is 0. The van der Waals surface area contributed by atoms with E-state index in [9.17, 15) is 5.11 Å². The van der Waals surface area contributed by atoms with Crippen LogP contribution in [0.3, 0.4) is 0 Å². The second-order valence-corrected chi connectivity index (χ2v) is 3.44. The van der Waals surface area contributed by atoms with Crippen LogP contribution in [0.15, 0.2) is 0 Å². The van der Waals surface area contributed by atoms with Crippen LogP contribution in [0.25, 0.3) is 0 Å². The number of aliphatic hydroxyl groups excluding tert-OH is 1. The minimum atomic E-state index is -0.194. The lowest BCUT2D eigenvalue weighted by atomic mass is 10.00. The Morgan fingerprint density at radius 1 is 1.50 bits per heavy atom. The topological polar surface area (TPSA) is 35.5 Å². The van der Waals surface area contributed by atoms with Crippen molar-refractivity contribution in [2.24, 2.45) is 11.8 Å². The molecule has 2 aliphatic heterocycles. The Balaban J connectivity index is 2.09. The molecule has 2 rings (SSSR count). The van der Waals surface area contributed by atoms with E-state index in [0.717, 1.165) is 19.6 Å². The van der Waals surface area contributed by atoms with Crippen LogP contribution >= 0.6 is 0 Å². The largest absolute Gasteiger partial charge is 0.378 e. The number of nitrogens with one attached hydrogen (secondary N) is 1. The SMILES string of the molecule is CN1CC2CNCC2C1O. The Morgan fingerprint density at radius 2 is 2.30 bits per heavy atom. The maximum atomic E-state index is 9.55. The average molecular weight is 142 g/mol. The van der Waals surface area contributed by atoms with Crippen molar-refractivity contribution in [1.29, 1.82) is 0 Å². The number of fused-ring (bicyclic) bond motifs is 1. The molecule has 3 nitrogen and oxygen atoms in total. The van der Waals surface area contributed by atoms with Crippen molar-refractivity contribution in [2.75, 3.05) is 26.7 Å². The first-order valence-corrected chi connectivity index (χ1v) is 3.88. The molecule has 0 bridgehead atoms. The molecule has 3 atom stereocenters. The van der Waals surface area contributed by atoms with E-state index in [1.165, 1.54) is 0 Å². The first-order chi connectivity index (χ1) is 4.79. The van der Waals surface area contributed by atoms with E-state index in [0.29, 0.717) is 11.8 Å². The predicted octanol–water partition coefficient (Wildman–Crippen LogP) is -0.914. The summed E-state index contributed by atoms with van der Waals surface area (Å²) in [7, 11) is 1.99. The zero-order chi connectivity index (χ0) is 7.14. The molecular formula is C7H14N2O. The van der Waals surface area contributed by atoms with E-state index in [-0.39, 0.29) is 6.23 Å². The smallest absolute Gasteiger partial charge is 0.111 e. The Bertz CT molecular complexity index is 138. The average Bonchev–Trinajstić information content (AvgIpc) is 2.41. The number of aliphatic hydroxyl groups is 1. The van der Waals surface area contributed by atoms with Gasteiger partial charge in [-0.05, 0) is 19.5 Å². The number of rotatable bonds is 0. The summed E-state index contributed by atoms with van der Waals surface area (Å²) in [6, 6.07) is 0.